The Morgan fingerprint density at radius 2 is 1.90 bits per heavy atom. The summed E-state index contributed by atoms with van der Waals surface area (Å²) in [5.74, 6) is -1.05. The van der Waals surface area contributed by atoms with Crippen LogP contribution in [0.5, 0.6) is 0 Å². The molecule has 0 radical (unpaired) electrons. The van der Waals surface area contributed by atoms with Crippen LogP contribution in [-0.4, -0.2) is 15.5 Å². The second-order valence-corrected chi connectivity index (χ2v) is 7.35. The van der Waals surface area contributed by atoms with E-state index in [4.69, 9.17) is 11.6 Å². The molecule has 0 aliphatic heterocycles. The largest absolute Gasteiger partial charge is 0.322 e. The van der Waals surface area contributed by atoms with E-state index in [1.54, 1.807) is 49.5 Å². The van der Waals surface area contributed by atoms with E-state index in [1.807, 2.05) is 12.1 Å². The van der Waals surface area contributed by atoms with Crippen molar-refractivity contribution >= 4 is 34.2 Å². The van der Waals surface area contributed by atoms with Crippen molar-refractivity contribution in [3.05, 3.63) is 105 Å². The molecule has 0 aliphatic rings. The number of fused-ring (bicyclic) bond motifs is 1. The van der Waals surface area contributed by atoms with E-state index >= 15 is 0 Å². The topological polar surface area (TPSA) is 64.0 Å². The Labute approximate surface area is 176 Å². The van der Waals surface area contributed by atoms with Gasteiger partial charge in [0.25, 0.3) is 11.5 Å². The molecule has 0 atom stereocenters. The number of benzene rings is 2. The van der Waals surface area contributed by atoms with Crippen LogP contribution < -0.4 is 10.9 Å². The predicted molar refractivity (Wildman–Crippen MR) is 116 cm³/mol. The van der Waals surface area contributed by atoms with Crippen molar-refractivity contribution in [1.82, 2.24) is 9.55 Å². The number of aryl methyl sites for hydroxylation is 1. The highest BCUT2D eigenvalue weighted by Crippen LogP contribution is 2.17. The van der Waals surface area contributed by atoms with Gasteiger partial charge in [0.2, 0.25) is 0 Å². The first-order valence-corrected chi connectivity index (χ1v) is 9.61. The average molecular weight is 422 g/mol. The minimum atomic E-state index is -0.612. The summed E-state index contributed by atoms with van der Waals surface area (Å²) < 4.78 is 15.3. The third-order valence-corrected chi connectivity index (χ3v) is 5.03. The van der Waals surface area contributed by atoms with Crippen LogP contribution in [0.2, 0.25) is 5.02 Å². The Morgan fingerprint density at radius 3 is 2.63 bits per heavy atom. The fraction of sp³-hybridized carbons (Fsp3) is 0.0870. The molecule has 0 unspecified atom stereocenters. The number of carbonyl (C=O) groups excluding carboxylic acids is 1. The van der Waals surface area contributed by atoms with Gasteiger partial charge in [-0.2, -0.15) is 0 Å². The molecule has 30 heavy (non-hydrogen) atoms. The molecular weight excluding hydrogens is 405 g/mol. The second-order valence-electron chi connectivity index (χ2n) is 6.91. The number of rotatable bonds is 4. The lowest BCUT2D eigenvalue weighted by molar-refractivity contribution is 0.102. The molecule has 4 rings (SSSR count). The van der Waals surface area contributed by atoms with Gasteiger partial charge in [-0.1, -0.05) is 29.8 Å². The molecular formula is C23H17ClFN3O2. The summed E-state index contributed by atoms with van der Waals surface area (Å²) in [6.45, 7) is 1.86. The summed E-state index contributed by atoms with van der Waals surface area (Å²) in [4.78, 5) is 30.3. The van der Waals surface area contributed by atoms with Gasteiger partial charge in [-0.05, 0) is 60.5 Å². The van der Waals surface area contributed by atoms with E-state index in [-0.39, 0.29) is 17.8 Å². The average Bonchev–Trinajstić information content (AvgIpc) is 2.74. The quantitative estimate of drug-likeness (QED) is 0.515. The van der Waals surface area contributed by atoms with Crippen LogP contribution in [0.1, 0.15) is 21.5 Å². The van der Waals surface area contributed by atoms with Crippen LogP contribution in [0.4, 0.5) is 10.1 Å². The molecule has 0 fully saturated rings. The Morgan fingerprint density at radius 1 is 1.13 bits per heavy atom. The fourth-order valence-electron chi connectivity index (χ4n) is 3.16. The maximum absolute atomic E-state index is 13.8. The molecule has 1 N–H and O–H groups in total. The summed E-state index contributed by atoms with van der Waals surface area (Å²) in [5.41, 5.74) is 1.52. The summed E-state index contributed by atoms with van der Waals surface area (Å²) in [6.07, 6.45) is 1.59. The highest BCUT2D eigenvalue weighted by molar-refractivity contribution is 6.30. The number of halogens is 2. The van der Waals surface area contributed by atoms with Crippen LogP contribution in [0.3, 0.4) is 0 Å². The molecule has 150 valence electrons. The van der Waals surface area contributed by atoms with Crippen molar-refractivity contribution < 1.29 is 9.18 Å². The number of hydrogen-bond acceptors (Lipinski definition) is 3. The second kappa shape index (κ2) is 8.08. The number of aromatic nitrogens is 2. The number of pyridine rings is 2. The van der Waals surface area contributed by atoms with Gasteiger partial charge in [0, 0.05) is 22.3 Å². The Kier molecular flexibility index (Phi) is 5.33. The molecule has 0 spiro atoms. The highest BCUT2D eigenvalue weighted by atomic mass is 35.5. The maximum Gasteiger partial charge on any atom is 0.265 e. The van der Waals surface area contributed by atoms with Crippen molar-refractivity contribution in [2.24, 2.45) is 0 Å². The minimum absolute atomic E-state index is 0.0505. The van der Waals surface area contributed by atoms with E-state index in [0.29, 0.717) is 21.6 Å². The van der Waals surface area contributed by atoms with E-state index in [0.717, 1.165) is 5.56 Å². The summed E-state index contributed by atoms with van der Waals surface area (Å²) in [6, 6.07) is 16.5. The zero-order valence-electron chi connectivity index (χ0n) is 16.0. The number of hydrogen-bond donors (Lipinski definition) is 1. The number of nitrogens with one attached hydrogen (secondary N) is 1. The monoisotopic (exact) mass is 421 g/mol. The number of carbonyl (C=O) groups is 1. The molecule has 0 saturated heterocycles. The SMILES string of the molecule is Cc1ccc(NC(=O)c2cc3cccnc3n(Cc3ccc(Cl)cc3)c2=O)cc1F. The van der Waals surface area contributed by atoms with Crippen LogP contribution in [0.15, 0.2) is 71.7 Å². The van der Waals surface area contributed by atoms with Crippen molar-refractivity contribution in [2.45, 2.75) is 13.5 Å². The lowest BCUT2D eigenvalue weighted by Crippen LogP contribution is -2.30. The van der Waals surface area contributed by atoms with Gasteiger partial charge < -0.3 is 5.32 Å². The first-order chi connectivity index (χ1) is 14.4. The summed E-state index contributed by atoms with van der Waals surface area (Å²) in [5, 5.41) is 3.84. The summed E-state index contributed by atoms with van der Waals surface area (Å²) >= 11 is 5.95. The molecule has 0 saturated carbocycles. The third-order valence-electron chi connectivity index (χ3n) is 4.78. The Hall–Kier alpha value is -3.51. The number of amides is 1. The van der Waals surface area contributed by atoms with Crippen LogP contribution in [0.25, 0.3) is 11.0 Å². The van der Waals surface area contributed by atoms with Gasteiger partial charge in [0.05, 0.1) is 6.54 Å². The van der Waals surface area contributed by atoms with E-state index in [9.17, 15) is 14.0 Å². The molecule has 4 aromatic rings. The van der Waals surface area contributed by atoms with Crippen LogP contribution in [0, 0.1) is 12.7 Å². The predicted octanol–water partition coefficient (Wildman–Crippen LogP) is 4.80. The molecule has 0 bridgehead atoms. The molecule has 7 heteroatoms. The molecule has 2 heterocycles. The first-order valence-electron chi connectivity index (χ1n) is 9.23. The van der Waals surface area contributed by atoms with Crippen molar-refractivity contribution in [2.75, 3.05) is 5.32 Å². The first kappa shape index (κ1) is 19.8. The van der Waals surface area contributed by atoms with Gasteiger partial charge >= 0.3 is 0 Å². The molecule has 2 aromatic carbocycles. The van der Waals surface area contributed by atoms with E-state index < -0.39 is 17.3 Å². The number of anilines is 1. The van der Waals surface area contributed by atoms with Gasteiger partial charge in [-0.25, -0.2) is 9.37 Å². The Balaban J connectivity index is 1.77. The molecule has 1 amide bonds. The lowest BCUT2D eigenvalue weighted by Gasteiger charge is -2.13. The normalized spacial score (nSPS) is 10.9. The summed E-state index contributed by atoms with van der Waals surface area (Å²) in [7, 11) is 0. The smallest absolute Gasteiger partial charge is 0.265 e. The van der Waals surface area contributed by atoms with Gasteiger partial charge in [0.15, 0.2) is 0 Å². The van der Waals surface area contributed by atoms with Crippen LogP contribution >= 0.6 is 11.6 Å². The zero-order chi connectivity index (χ0) is 21.3. The highest BCUT2D eigenvalue weighted by Gasteiger charge is 2.17. The van der Waals surface area contributed by atoms with Gasteiger partial charge in [-0.3, -0.25) is 14.2 Å². The fourth-order valence-corrected chi connectivity index (χ4v) is 3.28. The van der Waals surface area contributed by atoms with Gasteiger partial charge in [-0.15, -0.1) is 0 Å². The number of nitrogens with zero attached hydrogens (tertiary/aromatic N) is 2. The van der Waals surface area contributed by atoms with E-state index in [1.165, 1.54) is 16.7 Å². The Bertz CT molecular complexity index is 1320. The van der Waals surface area contributed by atoms with E-state index in [2.05, 4.69) is 10.3 Å². The molecule has 5 nitrogen and oxygen atoms in total. The van der Waals surface area contributed by atoms with Crippen molar-refractivity contribution in [3.63, 3.8) is 0 Å². The standard InChI is InChI=1S/C23H17ClFN3O2/c1-14-4-9-18(12-20(14)25)27-22(29)19-11-16-3-2-10-26-21(16)28(23(19)30)13-15-5-7-17(24)8-6-15/h2-12H,13H2,1H3,(H,27,29). The minimum Gasteiger partial charge on any atom is -0.322 e. The van der Waals surface area contributed by atoms with Gasteiger partial charge in [0.1, 0.15) is 17.0 Å². The molecule has 2 aromatic heterocycles. The third kappa shape index (κ3) is 3.95. The lowest BCUT2D eigenvalue weighted by atomic mass is 10.1. The maximum atomic E-state index is 13.8. The van der Waals surface area contributed by atoms with Crippen molar-refractivity contribution in [1.29, 1.82) is 0 Å². The zero-order valence-corrected chi connectivity index (χ0v) is 16.8. The van der Waals surface area contributed by atoms with Crippen LogP contribution in [-0.2, 0) is 6.54 Å². The molecule has 0 aliphatic carbocycles. The van der Waals surface area contributed by atoms with Crippen molar-refractivity contribution in [3.8, 4) is 0 Å².